The Hall–Kier alpha value is -1.92. The van der Waals surface area contributed by atoms with E-state index >= 15 is 0 Å². The molecule has 180 valence electrons. The highest BCUT2D eigenvalue weighted by Gasteiger charge is 2.21. The molecule has 2 aromatic rings. The van der Waals surface area contributed by atoms with Gasteiger partial charge in [0.25, 0.3) is 0 Å². The van der Waals surface area contributed by atoms with E-state index in [0.29, 0.717) is 18.3 Å². The first-order valence-corrected chi connectivity index (χ1v) is 12.0. The molecule has 0 aliphatic heterocycles. The average molecular weight is 465 g/mol. The number of halogens is 1. The zero-order chi connectivity index (χ0) is 22.3. The summed E-state index contributed by atoms with van der Waals surface area (Å²) in [6, 6.07) is 8.39. The standard InChI is InChI=1S/C25H40N4O2.ClH/c1-2-3-4-5-6-7-8-9-12-20-14-16-21(17-15-20)24-28-25(31-29-24)22(19-23(27)30)13-10-11-18-26;/h14-17,22H,2-13,18-19,26H2,1H3,(H2,27,30);1H. The third-order valence-electron chi connectivity index (χ3n) is 5.78. The van der Waals surface area contributed by atoms with Crippen LogP contribution in [0.25, 0.3) is 11.4 Å². The molecule has 1 aromatic heterocycles. The number of carbonyl (C=O) groups excluding carboxylic acids is 1. The van der Waals surface area contributed by atoms with Gasteiger partial charge in [0.15, 0.2) is 0 Å². The number of aryl methyl sites for hydroxylation is 1. The number of nitrogens with zero attached hydrogens (tertiary/aromatic N) is 2. The van der Waals surface area contributed by atoms with Gasteiger partial charge in [0.2, 0.25) is 17.6 Å². The van der Waals surface area contributed by atoms with Crippen molar-refractivity contribution in [3.63, 3.8) is 0 Å². The maximum absolute atomic E-state index is 11.4. The second kappa shape index (κ2) is 16.7. The highest BCUT2D eigenvalue weighted by Crippen LogP contribution is 2.26. The summed E-state index contributed by atoms with van der Waals surface area (Å²) in [5, 5.41) is 4.13. The summed E-state index contributed by atoms with van der Waals surface area (Å²) in [5.74, 6) is 0.533. The van der Waals surface area contributed by atoms with Crippen LogP contribution in [0.4, 0.5) is 0 Å². The van der Waals surface area contributed by atoms with E-state index in [1.165, 1.54) is 56.9 Å². The molecule has 0 saturated carbocycles. The molecule has 0 spiro atoms. The lowest BCUT2D eigenvalue weighted by molar-refractivity contribution is -0.118. The second-order valence-corrected chi connectivity index (χ2v) is 8.53. The maximum Gasteiger partial charge on any atom is 0.230 e. The molecular weight excluding hydrogens is 424 g/mol. The third-order valence-corrected chi connectivity index (χ3v) is 5.78. The number of aromatic nitrogens is 2. The van der Waals surface area contributed by atoms with Gasteiger partial charge in [0, 0.05) is 17.9 Å². The van der Waals surface area contributed by atoms with E-state index in [1.807, 2.05) is 12.1 Å². The molecule has 1 heterocycles. The van der Waals surface area contributed by atoms with Crippen LogP contribution in [-0.4, -0.2) is 22.6 Å². The molecule has 1 amide bonds. The number of nitrogens with two attached hydrogens (primary N) is 2. The average Bonchev–Trinajstić information content (AvgIpc) is 3.25. The van der Waals surface area contributed by atoms with Crippen LogP contribution < -0.4 is 11.5 Å². The molecule has 0 saturated heterocycles. The minimum Gasteiger partial charge on any atom is -0.370 e. The molecule has 0 aliphatic carbocycles. The number of rotatable bonds is 17. The first kappa shape index (κ1) is 28.1. The number of hydrogen-bond donors (Lipinski definition) is 2. The summed E-state index contributed by atoms with van der Waals surface area (Å²) >= 11 is 0. The SMILES string of the molecule is CCCCCCCCCCc1ccc(-c2noc(C(CCCCN)CC(N)=O)n2)cc1.Cl. The smallest absolute Gasteiger partial charge is 0.230 e. The molecule has 1 atom stereocenters. The van der Waals surface area contributed by atoms with E-state index < -0.39 is 0 Å². The van der Waals surface area contributed by atoms with Gasteiger partial charge in [0.05, 0.1) is 0 Å². The molecule has 0 bridgehead atoms. The van der Waals surface area contributed by atoms with Crippen molar-refractivity contribution >= 4 is 18.3 Å². The van der Waals surface area contributed by atoms with Gasteiger partial charge >= 0.3 is 0 Å². The quantitative estimate of drug-likeness (QED) is 0.282. The summed E-state index contributed by atoms with van der Waals surface area (Å²) < 4.78 is 5.47. The van der Waals surface area contributed by atoms with Crippen molar-refractivity contribution in [3.8, 4) is 11.4 Å². The van der Waals surface area contributed by atoms with Gasteiger partial charge in [-0.15, -0.1) is 12.4 Å². The van der Waals surface area contributed by atoms with Gasteiger partial charge in [0.1, 0.15) is 0 Å². The van der Waals surface area contributed by atoms with Crippen LogP contribution in [0.15, 0.2) is 28.8 Å². The molecule has 32 heavy (non-hydrogen) atoms. The first-order valence-electron chi connectivity index (χ1n) is 12.0. The number of benzene rings is 1. The molecule has 0 aliphatic rings. The fourth-order valence-electron chi connectivity index (χ4n) is 3.89. The zero-order valence-corrected chi connectivity index (χ0v) is 20.4. The van der Waals surface area contributed by atoms with Crippen molar-refractivity contribution in [2.24, 2.45) is 11.5 Å². The minimum absolute atomic E-state index is 0. The number of carbonyl (C=O) groups is 1. The van der Waals surface area contributed by atoms with Crippen LogP contribution in [0.1, 0.15) is 101 Å². The highest BCUT2D eigenvalue weighted by atomic mass is 35.5. The molecule has 2 rings (SSSR count). The Morgan fingerprint density at radius 2 is 1.62 bits per heavy atom. The van der Waals surface area contributed by atoms with Crippen LogP contribution in [0.2, 0.25) is 0 Å². The van der Waals surface area contributed by atoms with Crippen molar-refractivity contribution in [1.82, 2.24) is 10.1 Å². The summed E-state index contributed by atoms with van der Waals surface area (Å²) in [6.45, 7) is 2.89. The predicted molar refractivity (Wildman–Crippen MR) is 133 cm³/mol. The Labute approximate surface area is 199 Å². The van der Waals surface area contributed by atoms with Crippen LogP contribution in [-0.2, 0) is 11.2 Å². The van der Waals surface area contributed by atoms with Gasteiger partial charge in [-0.05, 0) is 37.8 Å². The Balaban J connectivity index is 0.00000512. The Morgan fingerprint density at radius 3 is 2.25 bits per heavy atom. The maximum atomic E-state index is 11.4. The topological polar surface area (TPSA) is 108 Å². The molecule has 6 nitrogen and oxygen atoms in total. The fraction of sp³-hybridized carbons (Fsp3) is 0.640. The number of hydrogen-bond acceptors (Lipinski definition) is 5. The zero-order valence-electron chi connectivity index (χ0n) is 19.6. The lowest BCUT2D eigenvalue weighted by Crippen LogP contribution is -2.16. The van der Waals surface area contributed by atoms with E-state index in [9.17, 15) is 4.79 Å². The molecule has 0 radical (unpaired) electrons. The number of primary amides is 1. The molecule has 1 aromatic carbocycles. The lowest BCUT2D eigenvalue weighted by Gasteiger charge is -2.09. The minimum atomic E-state index is -0.359. The van der Waals surface area contributed by atoms with Crippen molar-refractivity contribution < 1.29 is 9.32 Å². The fourth-order valence-corrected chi connectivity index (χ4v) is 3.89. The highest BCUT2D eigenvalue weighted by molar-refractivity contribution is 5.85. The predicted octanol–water partition coefficient (Wildman–Crippen LogP) is 5.93. The van der Waals surface area contributed by atoms with E-state index in [0.717, 1.165) is 31.2 Å². The summed E-state index contributed by atoms with van der Waals surface area (Å²) in [6.07, 6.45) is 14.6. The van der Waals surface area contributed by atoms with Crippen LogP contribution in [0, 0.1) is 0 Å². The van der Waals surface area contributed by atoms with Gasteiger partial charge in [-0.25, -0.2) is 0 Å². The van der Waals surface area contributed by atoms with Crippen molar-refractivity contribution in [3.05, 3.63) is 35.7 Å². The van der Waals surface area contributed by atoms with Gasteiger partial charge < -0.3 is 16.0 Å². The largest absolute Gasteiger partial charge is 0.370 e. The molecule has 1 unspecified atom stereocenters. The van der Waals surface area contributed by atoms with E-state index in [1.54, 1.807) is 0 Å². The second-order valence-electron chi connectivity index (χ2n) is 8.53. The molecule has 4 N–H and O–H groups in total. The normalized spacial score (nSPS) is 11.8. The van der Waals surface area contributed by atoms with Crippen molar-refractivity contribution in [1.29, 1.82) is 0 Å². The van der Waals surface area contributed by atoms with Gasteiger partial charge in [-0.3, -0.25) is 4.79 Å². The van der Waals surface area contributed by atoms with Gasteiger partial charge in [-0.2, -0.15) is 4.98 Å². The van der Waals surface area contributed by atoms with Crippen molar-refractivity contribution in [2.75, 3.05) is 6.54 Å². The Morgan fingerprint density at radius 1 is 0.969 bits per heavy atom. The van der Waals surface area contributed by atoms with E-state index in [2.05, 4.69) is 29.2 Å². The molecule has 0 fully saturated rings. The number of amides is 1. The Kier molecular flexibility index (Phi) is 14.7. The first-order chi connectivity index (χ1) is 15.1. The molecule has 7 heteroatoms. The van der Waals surface area contributed by atoms with Crippen LogP contribution in [0.5, 0.6) is 0 Å². The third kappa shape index (κ3) is 10.6. The van der Waals surface area contributed by atoms with Crippen LogP contribution >= 0.6 is 12.4 Å². The summed E-state index contributed by atoms with van der Waals surface area (Å²) in [5.41, 5.74) is 13.2. The molecular formula is C25H41ClN4O2. The summed E-state index contributed by atoms with van der Waals surface area (Å²) in [7, 11) is 0. The van der Waals surface area contributed by atoms with Gasteiger partial charge in [-0.1, -0.05) is 87.7 Å². The van der Waals surface area contributed by atoms with E-state index in [4.69, 9.17) is 16.0 Å². The van der Waals surface area contributed by atoms with Crippen LogP contribution in [0.3, 0.4) is 0 Å². The van der Waals surface area contributed by atoms with E-state index in [-0.39, 0.29) is 30.7 Å². The Bertz CT molecular complexity index is 749. The summed E-state index contributed by atoms with van der Waals surface area (Å²) in [4.78, 5) is 16.0. The monoisotopic (exact) mass is 464 g/mol. The number of unbranched alkanes of at least 4 members (excludes halogenated alkanes) is 8. The van der Waals surface area contributed by atoms with Crippen molar-refractivity contribution in [2.45, 2.75) is 96.3 Å². The lowest BCUT2D eigenvalue weighted by atomic mass is 9.98.